The molecule has 2 aliphatic rings. The normalized spacial score (nSPS) is 21.6. The molecule has 3 heterocycles. The SMILES string of the molecule is CCOC(=O)N1CCNCC1c1ncnc2[nH]cc(C3CC3)c12. The fourth-order valence-electron chi connectivity index (χ4n) is 3.35. The number of carbonyl (C=O) groups excluding carboxylic acids is 1. The van der Waals surface area contributed by atoms with E-state index in [0.29, 0.717) is 25.6 Å². The maximum atomic E-state index is 12.3. The first-order valence-electron chi connectivity index (χ1n) is 8.25. The topological polar surface area (TPSA) is 83.1 Å². The summed E-state index contributed by atoms with van der Waals surface area (Å²) in [6.45, 7) is 4.28. The second-order valence-corrected chi connectivity index (χ2v) is 6.11. The van der Waals surface area contributed by atoms with E-state index in [1.807, 2.05) is 13.1 Å². The van der Waals surface area contributed by atoms with Crippen LogP contribution in [0.1, 0.15) is 43.0 Å². The average Bonchev–Trinajstić information content (AvgIpc) is 3.33. The number of aromatic nitrogens is 3. The van der Waals surface area contributed by atoms with Crippen LogP contribution in [0.5, 0.6) is 0 Å². The molecule has 1 aliphatic carbocycles. The summed E-state index contributed by atoms with van der Waals surface area (Å²) >= 11 is 0. The minimum absolute atomic E-state index is 0.124. The molecule has 1 amide bonds. The number of ether oxygens (including phenoxy) is 1. The molecule has 23 heavy (non-hydrogen) atoms. The second-order valence-electron chi connectivity index (χ2n) is 6.11. The van der Waals surface area contributed by atoms with Crippen LogP contribution >= 0.6 is 0 Å². The molecule has 1 saturated carbocycles. The average molecular weight is 315 g/mol. The first-order chi connectivity index (χ1) is 11.3. The van der Waals surface area contributed by atoms with Gasteiger partial charge in [-0.1, -0.05) is 0 Å². The number of fused-ring (bicyclic) bond motifs is 1. The predicted octanol–water partition coefficient (Wildman–Crippen LogP) is 1.94. The van der Waals surface area contributed by atoms with Crippen LogP contribution in [-0.4, -0.2) is 52.2 Å². The standard InChI is InChI=1S/C16H21N5O2/c1-2-23-16(22)21-6-5-17-8-12(21)14-13-11(10-3-4-10)7-18-15(13)20-9-19-14/h7,9-10,12,17H,2-6,8H2,1H3,(H,18,19,20). The van der Waals surface area contributed by atoms with E-state index in [-0.39, 0.29) is 12.1 Å². The lowest BCUT2D eigenvalue weighted by Crippen LogP contribution is -2.49. The predicted molar refractivity (Wildman–Crippen MR) is 85.2 cm³/mol. The minimum Gasteiger partial charge on any atom is -0.450 e. The van der Waals surface area contributed by atoms with Crippen LogP contribution in [-0.2, 0) is 4.74 Å². The number of H-pyrrole nitrogens is 1. The zero-order valence-electron chi connectivity index (χ0n) is 13.2. The Morgan fingerprint density at radius 3 is 3.09 bits per heavy atom. The van der Waals surface area contributed by atoms with Crippen LogP contribution in [0.15, 0.2) is 12.5 Å². The first-order valence-corrected chi connectivity index (χ1v) is 8.25. The molecule has 1 saturated heterocycles. The number of piperazine rings is 1. The maximum Gasteiger partial charge on any atom is 0.410 e. The van der Waals surface area contributed by atoms with Gasteiger partial charge in [0.15, 0.2) is 0 Å². The molecule has 1 aliphatic heterocycles. The van der Waals surface area contributed by atoms with Gasteiger partial charge in [-0.15, -0.1) is 0 Å². The number of amides is 1. The summed E-state index contributed by atoms with van der Waals surface area (Å²) < 4.78 is 5.22. The van der Waals surface area contributed by atoms with Gasteiger partial charge < -0.3 is 15.0 Å². The molecule has 4 rings (SSSR count). The van der Waals surface area contributed by atoms with Crippen molar-refractivity contribution in [1.29, 1.82) is 0 Å². The molecule has 1 unspecified atom stereocenters. The van der Waals surface area contributed by atoms with Gasteiger partial charge in [-0.25, -0.2) is 14.8 Å². The van der Waals surface area contributed by atoms with Crippen LogP contribution in [0.2, 0.25) is 0 Å². The third kappa shape index (κ3) is 2.55. The van der Waals surface area contributed by atoms with Crippen LogP contribution in [0, 0.1) is 0 Å². The maximum absolute atomic E-state index is 12.3. The van der Waals surface area contributed by atoms with Crippen molar-refractivity contribution >= 4 is 17.1 Å². The van der Waals surface area contributed by atoms with Crippen molar-refractivity contribution in [3.05, 3.63) is 23.8 Å². The van der Waals surface area contributed by atoms with Gasteiger partial charge in [-0.3, -0.25) is 4.90 Å². The third-order valence-corrected chi connectivity index (χ3v) is 4.61. The van der Waals surface area contributed by atoms with E-state index in [1.165, 1.54) is 18.4 Å². The Morgan fingerprint density at radius 1 is 1.43 bits per heavy atom. The lowest BCUT2D eigenvalue weighted by atomic mass is 10.0. The quantitative estimate of drug-likeness (QED) is 0.904. The minimum atomic E-state index is -0.269. The number of hydrogen-bond acceptors (Lipinski definition) is 5. The van der Waals surface area contributed by atoms with Gasteiger partial charge in [-0.2, -0.15) is 0 Å². The molecule has 0 spiro atoms. The molecule has 0 aromatic carbocycles. The zero-order chi connectivity index (χ0) is 15.8. The molecule has 1 atom stereocenters. The van der Waals surface area contributed by atoms with Crippen LogP contribution < -0.4 is 5.32 Å². The summed E-state index contributed by atoms with van der Waals surface area (Å²) in [5.41, 5.74) is 3.05. The fourth-order valence-corrected chi connectivity index (χ4v) is 3.35. The van der Waals surface area contributed by atoms with E-state index < -0.39 is 0 Å². The van der Waals surface area contributed by atoms with Gasteiger partial charge >= 0.3 is 6.09 Å². The van der Waals surface area contributed by atoms with Crippen molar-refractivity contribution in [2.75, 3.05) is 26.2 Å². The number of aromatic amines is 1. The van der Waals surface area contributed by atoms with Gasteiger partial charge in [0.2, 0.25) is 0 Å². The Hall–Kier alpha value is -2.15. The molecule has 0 bridgehead atoms. The van der Waals surface area contributed by atoms with Crippen molar-refractivity contribution in [3.8, 4) is 0 Å². The van der Waals surface area contributed by atoms with Gasteiger partial charge in [0.25, 0.3) is 0 Å². The molecule has 2 aromatic rings. The van der Waals surface area contributed by atoms with E-state index in [4.69, 9.17) is 4.74 Å². The monoisotopic (exact) mass is 315 g/mol. The van der Waals surface area contributed by atoms with E-state index in [1.54, 1.807) is 11.2 Å². The van der Waals surface area contributed by atoms with E-state index in [2.05, 4.69) is 20.3 Å². The van der Waals surface area contributed by atoms with Crippen LogP contribution in [0.3, 0.4) is 0 Å². The highest BCUT2D eigenvalue weighted by molar-refractivity contribution is 5.84. The molecule has 122 valence electrons. The lowest BCUT2D eigenvalue weighted by Gasteiger charge is -2.35. The Labute approximate surface area is 134 Å². The highest BCUT2D eigenvalue weighted by Gasteiger charge is 2.34. The zero-order valence-corrected chi connectivity index (χ0v) is 13.2. The van der Waals surface area contributed by atoms with Crippen molar-refractivity contribution in [2.45, 2.75) is 31.7 Å². The molecule has 0 radical (unpaired) electrons. The molecule has 2 N–H and O–H groups in total. The summed E-state index contributed by atoms with van der Waals surface area (Å²) in [6, 6.07) is -0.124. The first kappa shape index (κ1) is 14.4. The number of nitrogens with one attached hydrogen (secondary N) is 2. The number of rotatable bonds is 3. The van der Waals surface area contributed by atoms with Gasteiger partial charge in [0.05, 0.1) is 18.3 Å². The second kappa shape index (κ2) is 5.81. The third-order valence-electron chi connectivity index (χ3n) is 4.61. The van der Waals surface area contributed by atoms with E-state index in [0.717, 1.165) is 23.3 Å². The number of carbonyl (C=O) groups is 1. The van der Waals surface area contributed by atoms with Crippen LogP contribution in [0.25, 0.3) is 11.0 Å². The molecule has 2 fully saturated rings. The Balaban J connectivity index is 1.76. The Bertz CT molecular complexity index is 724. The summed E-state index contributed by atoms with van der Waals surface area (Å²) in [6.07, 6.45) is 5.78. The van der Waals surface area contributed by atoms with Crippen molar-refractivity contribution in [2.24, 2.45) is 0 Å². The lowest BCUT2D eigenvalue weighted by molar-refractivity contribution is 0.0804. The van der Waals surface area contributed by atoms with Gasteiger partial charge in [-0.05, 0) is 31.2 Å². The molecule has 7 nitrogen and oxygen atoms in total. The van der Waals surface area contributed by atoms with Crippen molar-refractivity contribution in [3.63, 3.8) is 0 Å². The van der Waals surface area contributed by atoms with E-state index >= 15 is 0 Å². The largest absolute Gasteiger partial charge is 0.450 e. The van der Waals surface area contributed by atoms with Crippen molar-refractivity contribution < 1.29 is 9.53 Å². The summed E-state index contributed by atoms with van der Waals surface area (Å²) in [5.74, 6) is 0.598. The highest BCUT2D eigenvalue weighted by atomic mass is 16.6. The van der Waals surface area contributed by atoms with Gasteiger partial charge in [0, 0.05) is 31.2 Å². The van der Waals surface area contributed by atoms with Crippen molar-refractivity contribution in [1.82, 2.24) is 25.2 Å². The molecular formula is C16H21N5O2. The molecule has 7 heteroatoms. The molecular weight excluding hydrogens is 294 g/mol. The number of nitrogens with zero attached hydrogens (tertiary/aromatic N) is 3. The smallest absolute Gasteiger partial charge is 0.410 e. The summed E-state index contributed by atoms with van der Waals surface area (Å²) in [5, 5.41) is 4.44. The van der Waals surface area contributed by atoms with Gasteiger partial charge in [0.1, 0.15) is 12.0 Å². The van der Waals surface area contributed by atoms with E-state index in [9.17, 15) is 4.79 Å². The summed E-state index contributed by atoms with van der Waals surface area (Å²) in [7, 11) is 0. The fraction of sp³-hybridized carbons (Fsp3) is 0.562. The molecule has 2 aromatic heterocycles. The number of hydrogen-bond donors (Lipinski definition) is 2. The van der Waals surface area contributed by atoms with Crippen LogP contribution in [0.4, 0.5) is 4.79 Å². The Morgan fingerprint density at radius 2 is 2.30 bits per heavy atom. The summed E-state index contributed by atoms with van der Waals surface area (Å²) in [4.78, 5) is 26.2. The Kier molecular flexibility index (Phi) is 3.65. The highest BCUT2D eigenvalue weighted by Crippen LogP contribution is 2.44.